The summed E-state index contributed by atoms with van der Waals surface area (Å²) in [6.45, 7) is 6.56. The number of primary amides is 1. The predicted molar refractivity (Wildman–Crippen MR) is 71.1 cm³/mol. The maximum Gasteiger partial charge on any atom is 0.236 e. The minimum absolute atomic E-state index is 0.106. The molecule has 0 fully saturated rings. The molecule has 5 heteroatoms. The molecular formula is C13H21N3O2. The molecule has 0 saturated heterocycles. The van der Waals surface area contributed by atoms with Gasteiger partial charge in [-0.25, -0.2) is 4.98 Å². The summed E-state index contributed by atoms with van der Waals surface area (Å²) in [5.41, 5.74) is 5.97. The Bertz CT molecular complexity index is 405. The van der Waals surface area contributed by atoms with Crippen molar-refractivity contribution in [3.63, 3.8) is 0 Å². The van der Waals surface area contributed by atoms with Crippen molar-refractivity contribution in [3.8, 4) is 0 Å². The summed E-state index contributed by atoms with van der Waals surface area (Å²) in [4.78, 5) is 17.2. The minimum Gasteiger partial charge on any atom is -0.389 e. The molecule has 0 unspecified atom stereocenters. The van der Waals surface area contributed by atoms with E-state index in [0.717, 1.165) is 0 Å². The highest BCUT2D eigenvalue weighted by atomic mass is 16.3. The van der Waals surface area contributed by atoms with Crippen molar-refractivity contribution >= 4 is 11.7 Å². The van der Waals surface area contributed by atoms with Crippen molar-refractivity contribution in [2.24, 2.45) is 11.7 Å². The fourth-order valence-corrected chi connectivity index (χ4v) is 1.85. The normalized spacial score (nSPS) is 12.5. The van der Waals surface area contributed by atoms with Crippen LogP contribution in [0.3, 0.4) is 0 Å². The van der Waals surface area contributed by atoms with Crippen molar-refractivity contribution in [2.45, 2.75) is 26.9 Å². The van der Waals surface area contributed by atoms with Crippen LogP contribution >= 0.6 is 0 Å². The quantitative estimate of drug-likeness (QED) is 0.793. The Morgan fingerprint density at radius 3 is 2.67 bits per heavy atom. The molecule has 0 bridgehead atoms. The molecule has 1 aromatic rings. The number of carbonyl (C=O) groups excluding carboxylic acids is 1. The molecule has 0 aliphatic rings. The first-order valence-electron chi connectivity index (χ1n) is 6.08. The van der Waals surface area contributed by atoms with Gasteiger partial charge in [-0.3, -0.25) is 4.79 Å². The van der Waals surface area contributed by atoms with E-state index in [1.807, 2.05) is 4.90 Å². The Hall–Kier alpha value is -1.62. The van der Waals surface area contributed by atoms with E-state index in [1.165, 1.54) is 0 Å². The highest BCUT2D eigenvalue weighted by molar-refractivity contribution is 5.79. The van der Waals surface area contributed by atoms with Crippen LogP contribution in [0.2, 0.25) is 0 Å². The first-order valence-corrected chi connectivity index (χ1v) is 6.08. The van der Waals surface area contributed by atoms with Crippen LogP contribution in [0.15, 0.2) is 18.3 Å². The van der Waals surface area contributed by atoms with Crippen LogP contribution in [0.5, 0.6) is 0 Å². The zero-order chi connectivity index (χ0) is 13.7. The van der Waals surface area contributed by atoms with Gasteiger partial charge in [-0.15, -0.1) is 0 Å². The van der Waals surface area contributed by atoms with Gasteiger partial charge < -0.3 is 15.7 Å². The minimum atomic E-state index is -0.628. The number of aliphatic hydroxyl groups excluding tert-OH is 1. The average molecular weight is 251 g/mol. The number of aliphatic hydroxyl groups is 1. The van der Waals surface area contributed by atoms with E-state index in [1.54, 1.807) is 25.3 Å². The number of amides is 1. The second-order valence-electron chi connectivity index (χ2n) is 4.83. The number of anilines is 1. The highest BCUT2D eigenvalue weighted by Gasteiger charge is 2.18. The summed E-state index contributed by atoms with van der Waals surface area (Å²) in [7, 11) is 0. The van der Waals surface area contributed by atoms with Gasteiger partial charge in [0.2, 0.25) is 5.91 Å². The standard InChI is InChI=1S/C13H21N3O2/c1-9(2)7-16(8-12(14)18)13-11(10(3)17)5-4-6-15-13/h4-6,9-10,17H,7-8H2,1-3H3,(H2,14,18)/t10-/m1/s1. The zero-order valence-electron chi connectivity index (χ0n) is 11.1. The van der Waals surface area contributed by atoms with E-state index >= 15 is 0 Å². The Kier molecular flexibility index (Phi) is 5.09. The molecule has 1 heterocycles. The summed E-state index contributed by atoms with van der Waals surface area (Å²) in [5, 5.41) is 9.74. The number of nitrogens with two attached hydrogens (primary N) is 1. The van der Waals surface area contributed by atoms with Crippen LogP contribution in [0.25, 0.3) is 0 Å². The molecule has 0 saturated carbocycles. The third-order valence-electron chi connectivity index (χ3n) is 2.50. The zero-order valence-corrected chi connectivity index (χ0v) is 11.1. The monoisotopic (exact) mass is 251 g/mol. The lowest BCUT2D eigenvalue weighted by molar-refractivity contribution is -0.116. The second-order valence-corrected chi connectivity index (χ2v) is 4.83. The summed E-state index contributed by atoms with van der Waals surface area (Å²) in [6.07, 6.45) is 1.02. The Morgan fingerprint density at radius 1 is 1.50 bits per heavy atom. The van der Waals surface area contributed by atoms with Crippen molar-refractivity contribution < 1.29 is 9.90 Å². The van der Waals surface area contributed by atoms with Gasteiger partial charge in [-0.1, -0.05) is 19.9 Å². The molecule has 18 heavy (non-hydrogen) atoms. The van der Waals surface area contributed by atoms with Gasteiger partial charge in [0.15, 0.2) is 0 Å². The number of hydrogen-bond acceptors (Lipinski definition) is 4. The van der Waals surface area contributed by atoms with Gasteiger partial charge in [0.25, 0.3) is 0 Å². The van der Waals surface area contributed by atoms with Crippen LogP contribution in [-0.4, -0.2) is 29.1 Å². The number of pyridine rings is 1. The molecule has 1 aromatic heterocycles. The summed E-state index contributed by atoms with van der Waals surface area (Å²) in [5.74, 6) is 0.589. The third kappa shape index (κ3) is 4.00. The van der Waals surface area contributed by atoms with Gasteiger partial charge in [-0.2, -0.15) is 0 Å². The lowest BCUT2D eigenvalue weighted by Crippen LogP contribution is -2.37. The van der Waals surface area contributed by atoms with Gasteiger partial charge in [-0.05, 0) is 18.9 Å². The highest BCUT2D eigenvalue weighted by Crippen LogP contribution is 2.24. The summed E-state index contributed by atoms with van der Waals surface area (Å²) < 4.78 is 0. The van der Waals surface area contributed by atoms with Gasteiger partial charge in [0.1, 0.15) is 5.82 Å². The predicted octanol–water partition coefficient (Wildman–Crippen LogP) is 1.08. The molecule has 3 N–H and O–H groups in total. The lowest BCUT2D eigenvalue weighted by Gasteiger charge is -2.26. The van der Waals surface area contributed by atoms with Crippen LogP contribution in [-0.2, 0) is 4.79 Å². The number of aromatic nitrogens is 1. The first kappa shape index (κ1) is 14.4. The van der Waals surface area contributed by atoms with Crippen molar-refractivity contribution in [3.05, 3.63) is 23.9 Å². The number of rotatable bonds is 6. The van der Waals surface area contributed by atoms with Crippen molar-refractivity contribution in [1.82, 2.24) is 4.98 Å². The van der Waals surface area contributed by atoms with Crippen LogP contribution in [0, 0.1) is 5.92 Å². The van der Waals surface area contributed by atoms with E-state index in [-0.39, 0.29) is 6.54 Å². The molecule has 1 amide bonds. The molecule has 0 spiro atoms. The molecule has 0 aliphatic heterocycles. The van der Waals surface area contributed by atoms with Crippen LogP contribution in [0.1, 0.15) is 32.4 Å². The molecule has 0 aromatic carbocycles. The third-order valence-corrected chi connectivity index (χ3v) is 2.50. The van der Waals surface area contributed by atoms with E-state index in [0.29, 0.717) is 23.8 Å². The number of carbonyl (C=O) groups is 1. The van der Waals surface area contributed by atoms with Gasteiger partial charge >= 0.3 is 0 Å². The van der Waals surface area contributed by atoms with Gasteiger partial charge in [0.05, 0.1) is 12.6 Å². The Labute approximate surface area is 108 Å². The Balaban J connectivity index is 3.07. The molecule has 0 aliphatic carbocycles. The largest absolute Gasteiger partial charge is 0.389 e. The molecule has 100 valence electrons. The average Bonchev–Trinajstić information content (AvgIpc) is 2.26. The Morgan fingerprint density at radius 2 is 2.17 bits per heavy atom. The molecular weight excluding hydrogens is 230 g/mol. The van der Waals surface area contributed by atoms with Crippen molar-refractivity contribution in [1.29, 1.82) is 0 Å². The van der Waals surface area contributed by atoms with E-state index in [4.69, 9.17) is 5.73 Å². The maximum atomic E-state index is 11.1. The maximum absolute atomic E-state index is 11.1. The van der Waals surface area contributed by atoms with Crippen molar-refractivity contribution in [2.75, 3.05) is 18.0 Å². The summed E-state index contributed by atoms with van der Waals surface area (Å²) in [6, 6.07) is 3.57. The molecule has 5 nitrogen and oxygen atoms in total. The number of nitrogens with zero attached hydrogens (tertiary/aromatic N) is 2. The molecule has 1 rings (SSSR count). The lowest BCUT2D eigenvalue weighted by atomic mass is 10.1. The SMILES string of the molecule is CC(C)CN(CC(N)=O)c1ncccc1[C@@H](C)O. The van der Waals surface area contributed by atoms with Gasteiger partial charge in [0, 0.05) is 18.3 Å². The van der Waals surface area contributed by atoms with Crippen LogP contribution < -0.4 is 10.6 Å². The fourth-order valence-electron chi connectivity index (χ4n) is 1.85. The fraction of sp³-hybridized carbons (Fsp3) is 0.538. The summed E-state index contributed by atoms with van der Waals surface area (Å²) >= 11 is 0. The number of hydrogen-bond donors (Lipinski definition) is 2. The smallest absolute Gasteiger partial charge is 0.236 e. The van der Waals surface area contributed by atoms with E-state index < -0.39 is 12.0 Å². The first-order chi connectivity index (χ1) is 8.41. The topological polar surface area (TPSA) is 79.5 Å². The molecule has 0 radical (unpaired) electrons. The second kappa shape index (κ2) is 6.35. The van der Waals surface area contributed by atoms with Crippen LogP contribution in [0.4, 0.5) is 5.82 Å². The van der Waals surface area contributed by atoms with E-state index in [9.17, 15) is 9.90 Å². The molecule has 1 atom stereocenters. The van der Waals surface area contributed by atoms with E-state index in [2.05, 4.69) is 18.8 Å².